The van der Waals surface area contributed by atoms with E-state index in [1.807, 2.05) is 30.3 Å². The standard InChI is InChI=1S/C11H8NOS/c1-8(13)11-10(12-7-14-11)9-5-3-2-4-6-9/h2-6H,1H3. The minimum absolute atomic E-state index is 0.0441. The summed E-state index contributed by atoms with van der Waals surface area (Å²) in [5.41, 5.74) is 4.46. The van der Waals surface area contributed by atoms with Gasteiger partial charge >= 0.3 is 0 Å². The second-order valence-corrected chi connectivity index (χ2v) is 3.70. The maximum absolute atomic E-state index is 11.3. The summed E-state index contributed by atoms with van der Waals surface area (Å²) in [6, 6.07) is 9.68. The Morgan fingerprint density at radius 2 is 2.07 bits per heavy atom. The molecule has 0 unspecified atom stereocenters. The van der Waals surface area contributed by atoms with Crippen LogP contribution in [0.25, 0.3) is 11.3 Å². The van der Waals surface area contributed by atoms with Crippen molar-refractivity contribution in [2.75, 3.05) is 0 Å². The van der Waals surface area contributed by atoms with Crippen LogP contribution in [0.15, 0.2) is 30.3 Å². The lowest BCUT2D eigenvalue weighted by atomic mass is 10.1. The smallest absolute Gasteiger partial charge is 0.172 e. The molecule has 0 amide bonds. The van der Waals surface area contributed by atoms with Crippen molar-refractivity contribution in [2.24, 2.45) is 0 Å². The zero-order valence-electron chi connectivity index (χ0n) is 7.65. The average molecular weight is 202 g/mol. The number of aromatic nitrogens is 1. The Morgan fingerprint density at radius 1 is 1.36 bits per heavy atom. The Hall–Kier alpha value is -1.48. The van der Waals surface area contributed by atoms with Gasteiger partial charge in [0.25, 0.3) is 0 Å². The molecule has 0 spiro atoms. The molecule has 3 heteroatoms. The van der Waals surface area contributed by atoms with Gasteiger partial charge in [0, 0.05) is 12.5 Å². The normalized spacial score (nSPS) is 10.1. The van der Waals surface area contributed by atoms with Gasteiger partial charge in [-0.2, -0.15) is 0 Å². The molecule has 2 aromatic rings. The molecule has 0 aliphatic rings. The molecule has 69 valence electrons. The van der Waals surface area contributed by atoms with Crippen LogP contribution < -0.4 is 0 Å². The van der Waals surface area contributed by atoms with E-state index in [1.54, 1.807) is 6.92 Å². The van der Waals surface area contributed by atoms with Gasteiger partial charge in [-0.25, -0.2) is 4.98 Å². The number of carbonyl (C=O) groups excluding carboxylic acids is 1. The summed E-state index contributed by atoms with van der Waals surface area (Å²) in [7, 11) is 0. The molecule has 0 bridgehead atoms. The van der Waals surface area contributed by atoms with E-state index < -0.39 is 0 Å². The third-order valence-electron chi connectivity index (χ3n) is 1.89. The number of benzene rings is 1. The molecule has 0 atom stereocenters. The van der Waals surface area contributed by atoms with E-state index in [2.05, 4.69) is 10.5 Å². The van der Waals surface area contributed by atoms with Gasteiger partial charge in [-0.05, 0) is 0 Å². The van der Waals surface area contributed by atoms with Gasteiger partial charge in [0.2, 0.25) is 0 Å². The minimum atomic E-state index is 0.0441. The summed E-state index contributed by atoms with van der Waals surface area (Å²) < 4.78 is 0. The van der Waals surface area contributed by atoms with Crippen molar-refractivity contribution < 1.29 is 4.79 Å². The van der Waals surface area contributed by atoms with Crippen molar-refractivity contribution in [1.82, 2.24) is 4.98 Å². The summed E-state index contributed by atoms with van der Waals surface area (Å²) in [6.45, 7) is 1.55. The number of hydrogen-bond acceptors (Lipinski definition) is 3. The average Bonchev–Trinajstić information content (AvgIpc) is 2.67. The molecule has 0 fully saturated rings. The highest BCUT2D eigenvalue weighted by molar-refractivity contribution is 7.11. The topological polar surface area (TPSA) is 30.0 Å². The van der Waals surface area contributed by atoms with Crippen LogP contribution in [-0.2, 0) is 0 Å². The van der Waals surface area contributed by atoms with Crippen molar-refractivity contribution in [3.8, 4) is 11.3 Å². The molecule has 1 heterocycles. The van der Waals surface area contributed by atoms with Gasteiger partial charge in [-0.15, -0.1) is 11.3 Å². The molecule has 0 aliphatic carbocycles. The maximum Gasteiger partial charge on any atom is 0.172 e. The van der Waals surface area contributed by atoms with E-state index in [4.69, 9.17) is 0 Å². The Labute approximate surface area is 86.2 Å². The van der Waals surface area contributed by atoms with E-state index >= 15 is 0 Å². The predicted molar refractivity (Wildman–Crippen MR) is 56.4 cm³/mol. The van der Waals surface area contributed by atoms with Gasteiger partial charge in [0.15, 0.2) is 11.3 Å². The van der Waals surface area contributed by atoms with E-state index in [0.29, 0.717) is 4.88 Å². The van der Waals surface area contributed by atoms with E-state index in [9.17, 15) is 4.79 Å². The molecule has 0 aliphatic heterocycles. The van der Waals surface area contributed by atoms with Crippen molar-refractivity contribution in [2.45, 2.75) is 6.92 Å². The largest absolute Gasteiger partial charge is 0.294 e. The minimum Gasteiger partial charge on any atom is -0.294 e. The second-order valence-electron chi connectivity index (χ2n) is 2.91. The lowest BCUT2D eigenvalue weighted by Crippen LogP contribution is -1.91. The van der Waals surface area contributed by atoms with Gasteiger partial charge < -0.3 is 0 Å². The van der Waals surface area contributed by atoms with Gasteiger partial charge in [-0.3, -0.25) is 4.79 Å². The first kappa shape index (κ1) is 9.09. The molecule has 1 aromatic heterocycles. The number of rotatable bonds is 2. The quantitative estimate of drug-likeness (QED) is 0.701. The Balaban J connectivity index is 2.52. The van der Waals surface area contributed by atoms with Crippen LogP contribution >= 0.6 is 11.3 Å². The lowest BCUT2D eigenvalue weighted by Gasteiger charge is -1.97. The van der Waals surface area contributed by atoms with E-state index in [1.165, 1.54) is 11.3 Å². The fraction of sp³-hybridized carbons (Fsp3) is 0.0909. The molecular formula is C11H8NOS. The lowest BCUT2D eigenvalue weighted by molar-refractivity contribution is 0.102. The fourth-order valence-corrected chi connectivity index (χ4v) is 1.88. The van der Waals surface area contributed by atoms with Crippen LogP contribution in [0.2, 0.25) is 0 Å². The summed E-state index contributed by atoms with van der Waals surface area (Å²) in [6.07, 6.45) is 0. The van der Waals surface area contributed by atoms with E-state index in [0.717, 1.165) is 11.3 Å². The first-order valence-electron chi connectivity index (χ1n) is 4.22. The molecule has 0 saturated carbocycles. The van der Waals surface area contributed by atoms with Crippen LogP contribution in [-0.4, -0.2) is 10.8 Å². The Bertz CT molecular complexity index is 447. The number of nitrogens with zero attached hydrogens (tertiary/aromatic N) is 1. The van der Waals surface area contributed by atoms with Crippen molar-refractivity contribution >= 4 is 17.1 Å². The maximum atomic E-state index is 11.3. The van der Waals surface area contributed by atoms with Crippen LogP contribution in [0.5, 0.6) is 0 Å². The second kappa shape index (κ2) is 3.72. The first-order chi connectivity index (χ1) is 6.79. The number of Topliss-reactive ketones (excluding diaryl/α,β-unsaturated/α-hetero) is 1. The first-order valence-corrected chi connectivity index (χ1v) is 5.04. The van der Waals surface area contributed by atoms with E-state index in [-0.39, 0.29) is 5.78 Å². The fourth-order valence-electron chi connectivity index (χ4n) is 1.24. The van der Waals surface area contributed by atoms with Gasteiger partial charge in [-0.1, -0.05) is 30.3 Å². The third kappa shape index (κ3) is 1.59. The molecule has 14 heavy (non-hydrogen) atoms. The zero-order valence-corrected chi connectivity index (χ0v) is 8.47. The monoisotopic (exact) mass is 202 g/mol. The van der Waals surface area contributed by atoms with Crippen molar-refractivity contribution in [3.63, 3.8) is 0 Å². The summed E-state index contributed by atoms with van der Waals surface area (Å²) in [5, 5.41) is 0. The summed E-state index contributed by atoms with van der Waals surface area (Å²) >= 11 is 1.27. The van der Waals surface area contributed by atoms with Crippen LogP contribution in [0.1, 0.15) is 16.6 Å². The van der Waals surface area contributed by atoms with Crippen LogP contribution in [0.3, 0.4) is 0 Å². The van der Waals surface area contributed by atoms with Crippen LogP contribution in [0, 0.1) is 5.51 Å². The number of ketones is 1. The molecule has 0 N–H and O–H groups in total. The summed E-state index contributed by atoms with van der Waals surface area (Å²) in [5.74, 6) is 0.0441. The molecule has 2 nitrogen and oxygen atoms in total. The number of thiazole rings is 1. The molecule has 0 saturated heterocycles. The number of hydrogen-bond donors (Lipinski definition) is 0. The Morgan fingerprint density at radius 3 is 2.71 bits per heavy atom. The highest BCUT2D eigenvalue weighted by Crippen LogP contribution is 2.24. The molecule has 2 rings (SSSR count). The van der Waals surface area contributed by atoms with Crippen molar-refractivity contribution in [3.05, 3.63) is 40.7 Å². The van der Waals surface area contributed by atoms with Gasteiger partial charge in [0.1, 0.15) is 0 Å². The molecular weight excluding hydrogens is 194 g/mol. The summed E-state index contributed by atoms with van der Waals surface area (Å²) in [4.78, 5) is 16.0. The third-order valence-corrected chi connectivity index (χ3v) is 2.75. The van der Waals surface area contributed by atoms with Crippen LogP contribution in [0.4, 0.5) is 0 Å². The van der Waals surface area contributed by atoms with Gasteiger partial charge in [0.05, 0.1) is 10.6 Å². The number of carbonyl (C=O) groups is 1. The highest BCUT2D eigenvalue weighted by Gasteiger charge is 2.11. The zero-order chi connectivity index (χ0) is 9.97. The Kier molecular flexibility index (Phi) is 2.41. The SMILES string of the molecule is CC(=O)c1s[c]nc1-c1ccccc1. The predicted octanol–water partition coefficient (Wildman–Crippen LogP) is 2.81. The van der Waals surface area contributed by atoms with Crippen molar-refractivity contribution in [1.29, 1.82) is 0 Å². The highest BCUT2D eigenvalue weighted by atomic mass is 32.1. The molecule has 1 radical (unpaired) electrons. The molecule has 1 aromatic carbocycles.